The number of aryl methyl sites for hydroxylation is 2. The summed E-state index contributed by atoms with van der Waals surface area (Å²) in [6.45, 7) is 2.11. The maximum absolute atomic E-state index is 5.29. The van der Waals surface area contributed by atoms with E-state index in [4.69, 9.17) is 12.2 Å². The highest BCUT2D eigenvalue weighted by Crippen LogP contribution is 2.38. The van der Waals surface area contributed by atoms with Crippen LogP contribution in [-0.4, -0.2) is 24.5 Å². The van der Waals surface area contributed by atoms with Gasteiger partial charge in [0.05, 0.1) is 11.3 Å². The largest absolute Gasteiger partial charge is 0.297 e. The molecule has 17 heavy (non-hydrogen) atoms. The Labute approximate surface area is 104 Å². The molecular weight excluding hydrogens is 234 g/mol. The van der Waals surface area contributed by atoms with E-state index in [9.17, 15) is 0 Å². The van der Waals surface area contributed by atoms with Gasteiger partial charge in [-0.2, -0.15) is 10.2 Å². The Hall–Kier alpha value is -1.43. The molecule has 5 nitrogen and oxygen atoms in total. The fraction of sp³-hybridized carbons (Fsp3) is 0.545. The predicted molar refractivity (Wildman–Crippen MR) is 67.3 cm³/mol. The predicted octanol–water partition coefficient (Wildman–Crippen LogP) is 2.24. The molecule has 0 aromatic carbocycles. The zero-order valence-corrected chi connectivity index (χ0v) is 10.8. The number of hydrogen-bond acceptors (Lipinski definition) is 3. The fourth-order valence-electron chi connectivity index (χ4n) is 2.15. The van der Waals surface area contributed by atoms with Crippen LogP contribution in [0, 0.1) is 4.77 Å². The summed E-state index contributed by atoms with van der Waals surface area (Å²) in [5.41, 5.74) is 2.16. The van der Waals surface area contributed by atoms with Crippen molar-refractivity contribution < 1.29 is 0 Å². The van der Waals surface area contributed by atoms with E-state index in [1.54, 1.807) is 0 Å². The van der Waals surface area contributed by atoms with Crippen molar-refractivity contribution in [2.75, 3.05) is 0 Å². The lowest BCUT2D eigenvalue weighted by molar-refractivity contribution is 0.734. The van der Waals surface area contributed by atoms with Crippen molar-refractivity contribution >= 4 is 12.2 Å². The standard InChI is InChI=1S/C11H15N5S/c1-3-9-8(6-15(2)14-9)10-12-13-11(17)16(10)7-4-5-7/h6-7H,3-5H2,1-2H3,(H,13,17). The number of aromatic amines is 1. The van der Waals surface area contributed by atoms with Gasteiger partial charge in [-0.25, -0.2) is 0 Å². The highest BCUT2D eigenvalue weighted by molar-refractivity contribution is 7.71. The van der Waals surface area contributed by atoms with Gasteiger partial charge >= 0.3 is 0 Å². The summed E-state index contributed by atoms with van der Waals surface area (Å²) >= 11 is 5.29. The topological polar surface area (TPSA) is 51.4 Å². The lowest BCUT2D eigenvalue weighted by Gasteiger charge is -2.03. The van der Waals surface area contributed by atoms with E-state index in [0.29, 0.717) is 10.8 Å². The third-order valence-electron chi connectivity index (χ3n) is 3.10. The first-order chi connectivity index (χ1) is 8.20. The molecule has 6 heteroatoms. The molecule has 1 aliphatic rings. The number of H-pyrrole nitrogens is 1. The minimum atomic E-state index is 0.529. The van der Waals surface area contributed by atoms with E-state index in [0.717, 1.165) is 23.5 Å². The Morgan fingerprint density at radius 2 is 2.29 bits per heavy atom. The number of aromatic nitrogens is 5. The Kier molecular flexibility index (Phi) is 2.39. The Balaban J connectivity index is 2.17. The molecule has 0 amide bonds. The average Bonchev–Trinajstić information content (AvgIpc) is 2.97. The van der Waals surface area contributed by atoms with Crippen LogP contribution in [0.5, 0.6) is 0 Å². The van der Waals surface area contributed by atoms with Gasteiger partial charge in [0.25, 0.3) is 0 Å². The van der Waals surface area contributed by atoms with Crippen molar-refractivity contribution in [2.24, 2.45) is 7.05 Å². The summed E-state index contributed by atoms with van der Waals surface area (Å²) in [6.07, 6.45) is 5.31. The maximum atomic E-state index is 5.29. The van der Waals surface area contributed by atoms with Crippen LogP contribution in [0.15, 0.2) is 6.20 Å². The molecular formula is C11H15N5S. The van der Waals surface area contributed by atoms with Crippen molar-refractivity contribution in [3.05, 3.63) is 16.7 Å². The molecule has 2 aromatic rings. The molecule has 1 saturated carbocycles. The van der Waals surface area contributed by atoms with E-state index in [1.807, 2.05) is 17.9 Å². The van der Waals surface area contributed by atoms with Crippen molar-refractivity contribution in [3.63, 3.8) is 0 Å². The second-order valence-electron chi connectivity index (χ2n) is 4.47. The molecule has 0 bridgehead atoms. The van der Waals surface area contributed by atoms with E-state index < -0.39 is 0 Å². The molecule has 0 aliphatic heterocycles. The van der Waals surface area contributed by atoms with Crippen LogP contribution < -0.4 is 0 Å². The Morgan fingerprint density at radius 3 is 2.94 bits per heavy atom. The van der Waals surface area contributed by atoms with E-state index in [1.165, 1.54) is 12.8 Å². The molecule has 1 fully saturated rings. The van der Waals surface area contributed by atoms with E-state index in [2.05, 4.69) is 26.8 Å². The zero-order valence-electron chi connectivity index (χ0n) is 9.97. The molecule has 90 valence electrons. The summed E-state index contributed by atoms with van der Waals surface area (Å²) < 4.78 is 4.68. The van der Waals surface area contributed by atoms with E-state index in [-0.39, 0.29) is 0 Å². The summed E-state index contributed by atoms with van der Waals surface area (Å²) in [6, 6.07) is 0.529. The van der Waals surface area contributed by atoms with Gasteiger partial charge in [0.2, 0.25) is 0 Å². The Morgan fingerprint density at radius 1 is 1.53 bits per heavy atom. The smallest absolute Gasteiger partial charge is 0.195 e. The first kappa shape index (κ1) is 10.7. The Bertz CT molecular complexity index is 602. The normalized spacial score (nSPS) is 15.4. The van der Waals surface area contributed by atoms with E-state index >= 15 is 0 Å². The second-order valence-corrected chi connectivity index (χ2v) is 4.86. The minimum absolute atomic E-state index is 0.529. The molecule has 0 spiro atoms. The number of hydrogen-bond donors (Lipinski definition) is 1. The van der Waals surface area contributed by atoms with Gasteiger partial charge in [-0.15, -0.1) is 0 Å². The van der Waals surface area contributed by atoms with Gasteiger partial charge in [0.15, 0.2) is 10.6 Å². The van der Waals surface area contributed by atoms with Crippen LogP contribution in [0.25, 0.3) is 11.4 Å². The molecule has 2 aromatic heterocycles. The van der Waals surface area contributed by atoms with Gasteiger partial charge in [-0.05, 0) is 31.5 Å². The molecule has 2 heterocycles. The van der Waals surface area contributed by atoms with Crippen molar-refractivity contribution in [3.8, 4) is 11.4 Å². The monoisotopic (exact) mass is 249 g/mol. The van der Waals surface area contributed by atoms with Gasteiger partial charge in [-0.3, -0.25) is 14.3 Å². The number of nitrogens with one attached hydrogen (secondary N) is 1. The quantitative estimate of drug-likeness (QED) is 0.849. The van der Waals surface area contributed by atoms with Crippen LogP contribution in [0.2, 0.25) is 0 Å². The minimum Gasteiger partial charge on any atom is -0.297 e. The molecule has 0 unspecified atom stereocenters. The summed E-state index contributed by atoms with van der Waals surface area (Å²) in [5, 5.41) is 11.7. The second kappa shape index (κ2) is 3.80. The first-order valence-corrected chi connectivity index (χ1v) is 6.31. The molecule has 3 rings (SSSR count). The molecule has 0 atom stereocenters. The maximum Gasteiger partial charge on any atom is 0.195 e. The fourth-order valence-corrected chi connectivity index (χ4v) is 2.43. The highest BCUT2D eigenvalue weighted by Gasteiger charge is 2.28. The first-order valence-electron chi connectivity index (χ1n) is 5.90. The third kappa shape index (κ3) is 1.72. The van der Waals surface area contributed by atoms with Crippen molar-refractivity contribution in [1.82, 2.24) is 24.5 Å². The highest BCUT2D eigenvalue weighted by atomic mass is 32.1. The average molecular weight is 249 g/mol. The van der Waals surface area contributed by atoms with Gasteiger partial charge in [-0.1, -0.05) is 6.92 Å². The SMILES string of the molecule is CCc1nn(C)cc1-c1n[nH]c(=S)n1C1CC1. The molecule has 1 aliphatic carbocycles. The van der Waals surface area contributed by atoms with Gasteiger partial charge in [0, 0.05) is 19.3 Å². The van der Waals surface area contributed by atoms with Crippen LogP contribution in [0.3, 0.4) is 0 Å². The lowest BCUT2D eigenvalue weighted by atomic mass is 10.2. The van der Waals surface area contributed by atoms with Gasteiger partial charge < -0.3 is 0 Å². The van der Waals surface area contributed by atoms with Crippen LogP contribution in [0.1, 0.15) is 31.5 Å². The van der Waals surface area contributed by atoms with Crippen LogP contribution in [0.4, 0.5) is 0 Å². The summed E-state index contributed by atoms with van der Waals surface area (Å²) in [4.78, 5) is 0. The summed E-state index contributed by atoms with van der Waals surface area (Å²) in [7, 11) is 1.94. The van der Waals surface area contributed by atoms with Crippen LogP contribution >= 0.6 is 12.2 Å². The van der Waals surface area contributed by atoms with Crippen molar-refractivity contribution in [1.29, 1.82) is 0 Å². The third-order valence-corrected chi connectivity index (χ3v) is 3.39. The van der Waals surface area contributed by atoms with Crippen molar-refractivity contribution in [2.45, 2.75) is 32.2 Å². The lowest BCUT2D eigenvalue weighted by Crippen LogP contribution is -1.98. The van der Waals surface area contributed by atoms with Crippen LogP contribution in [-0.2, 0) is 13.5 Å². The zero-order chi connectivity index (χ0) is 12.0. The molecule has 0 saturated heterocycles. The van der Waals surface area contributed by atoms with Gasteiger partial charge in [0.1, 0.15) is 0 Å². The molecule has 0 radical (unpaired) electrons. The molecule has 1 N–H and O–H groups in total. The number of nitrogens with zero attached hydrogens (tertiary/aromatic N) is 4. The summed E-state index contributed by atoms with van der Waals surface area (Å²) in [5.74, 6) is 0.933. The number of rotatable bonds is 3.